The number of anilines is 1. The van der Waals surface area contributed by atoms with Gasteiger partial charge in [-0.15, -0.1) is 0 Å². The second kappa shape index (κ2) is 10.3. The quantitative estimate of drug-likeness (QED) is 0.174. The smallest absolute Gasteiger partial charge is 0.342 e. The molecular weight excluding hydrogens is 516 g/mol. The summed E-state index contributed by atoms with van der Waals surface area (Å²) in [6.07, 6.45) is 0. The number of furan rings is 1. The Morgan fingerprint density at radius 2 is 1.76 bits per heavy atom. The van der Waals surface area contributed by atoms with Crippen molar-refractivity contribution >= 4 is 44.2 Å². The molecule has 4 rings (SSSR count). The number of nitro groups is 1. The van der Waals surface area contributed by atoms with Gasteiger partial charge in [0.2, 0.25) is 0 Å². The molecule has 12 heteroatoms. The van der Waals surface area contributed by atoms with Crippen LogP contribution in [-0.2, 0) is 14.8 Å². The van der Waals surface area contributed by atoms with E-state index in [4.69, 9.17) is 13.9 Å². The van der Waals surface area contributed by atoms with Crippen molar-refractivity contribution < 1.29 is 36.8 Å². The van der Waals surface area contributed by atoms with E-state index in [1.54, 1.807) is 13.8 Å². The van der Waals surface area contributed by atoms with Crippen molar-refractivity contribution in [1.29, 1.82) is 0 Å². The summed E-state index contributed by atoms with van der Waals surface area (Å²) in [7, 11) is -3.36. The minimum atomic E-state index is -4.56. The molecule has 0 radical (unpaired) electrons. The molecule has 38 heavy (non-hydrogen) atoms. The van der Waals surface area contributed by atoms with Crippen LogP contribution in [0.5, 0.6) is 5.75 Å². The topological polar surface area (TPSA) is 146 Å². The highest BCUT2D eigenvalue weighted by Gasteiger charge is 2.33. The number of hydrogen-bond donors (Lipinski definition) is 0. The van der Waals surface area contributed by atoms with Gasteiger partial charge in [0.05, 0.1) is 29.2 Å². The Balaban J connectivity index is 1.93. The fourth-order valence-corrected chi connectivity index (χ4v) is 5.31. The molecule has 0 N–H and O–H groups in total. The average Bonchev–Trinajstić information content (AvgIpc) is 3.23. The zero-order chi connectivity index (χ0) is 27.6. The standard InChI is InChI=1S/C26H22N2O9S/c1-4-36-20-9-11-21(12-10-20)38(33,34)27(25(29)17-6-5-7-19(14-17)28(31)32)18-8-13-23-22(15-18)24(16(2)37-23)26(30)35-3/h5-15H,4H2,1-3H3. The Bertz CT molecular complexity index is 1660. The minimum absolute atomic E-state index is 0.0746. The Morgan fingerprint density at radius 1 is 1.05 bits per heavy atom. The van der Waals surface area contributed by atoms with Crippen molar-refractivity contribution in [3.63, 3.8) is 0 Å². The third kappa shape index (κ3) is 4.81. The number of aryl methyl sites for hydroxylation is 1. The van der Waals surface area contributed by atoms with Crippen LogP contribution in [0.15, 0.2) is 76.0 Å². The van der Waals surface area contributed by atoms with E-state index >= 15 is 0 Å². The molecule has 0 saturated heterocycles. The molecule has 11 nitrogen and oxygen atoms in total. The number of carbonyl (C=O) groups excluding carboxylic acids is 2. The van der Waals surface area contributed by atoms with Gasteiger partial charge in [0.1, 0.15) is 22.7 Å². The van der Waals surface area contributed by atoms with Crippen molar-refractivity contribution in [2.75, 3.05) is 18.0 Å². The molecule has 0 aliphatic rings. The number of fused-ring (bicyclic) bond motifs is 1. The Kier molecular flexibility index (Phi) is 7.17. The number of benzene rings is 3. The maximum Gasteiger partial charge on any atom is 0.342 e. The second-order valence-corrected chi connectivity index (χ2v) is 9.78. The molecule has 4 aromatic rings. The molecule has 0 unspecified atom stereocenters. The molecule has 3 aromatic carbocycles. The third-order valence-corrected chi connectivity index (χ3v) is 7.36. The highest BCUT2D eigenvalue weighted by molar-refractivity contribution is 7.93. The van der Waals surface area contributed by atoms with Crippen molar-refractivity contribution in [3.05, 3.63) is 93.7 Å². The summed E-state index contributed by atoms with van der Waals surface area (Å²) in [6.45, 7) is 3.70. The van der Waals surface area contributed by atoms with Crippen LogP contribution in [0.25, 0.3) is 11.0 Å². The van der Waals surface area contributed by atoms with E-state index in [-0.39, 0.29) is 44.1 Å². The molecule has 0 aliphatic heterocycles. The summed E-state index contributed by atoms with van der Waals surface area (Å²) in [5, 5.41) is 11.5. The summed E-state index contributed by atoms with van der Waals surface area (Å²) < 4.78 is 44.1. The van der Waals surface area contributed by atoms with Gasteiger partial charge in [-0.1, -0.05) is 6.07 Å². The first-order valence-electron chi connectivity index (χ1n) is 11.3. The van der Waals surface area contributed by atoms with E-state index in [0.29, 0.717) is 16.7 Å². The number of ether oxygens (including phenoxy) is 2. The van der Waals surface area contributed by atoms with Crippen LogP contribution in [0.1, 0.15) is 33.4 Å². The lowest BCUT2D eigenvalue weighted by Gasteiger charge is -2.23. The maximum atomic E-state index is 13.9. The molecule has 0 saturated carbocycles. The summed E-state index contributed by atoms with van der Waals surface area (Å²) in [4.78, 5) is 36.5. The summed E-state index contributed by atoms with van der Waals surface area (Å²) in [5.41, 5.74) is -0.388. The zero-order valence-electron chi connectivity index (χ0n) is 20.5. The largest absolute Gasteiger partial charge is 0.494 e. The first-order valence-corrected chi connectivity index (χ1v) is 12.7. The predicted octanol–water partition coefficient (Wildman–Crippen LogP) is 4.87. The molecule has 0 spiro atoms. The molecule has 1 aromatic heterocycles. The van der Waals surface area contributed by atoms with Gasteiger partial charge in [-0.2, -0.15) is 4.31 Å². The average molecular weight is 539 g/mol. The van der Waals surface area contributed by atoms with Crippen LogP contribution in [0.3, 0.4) is 0 Å². The molecule has 1 heterocycles. The first kappa shape index (κ1) is 26.4. The number of non-ortho nitro benzene ring substituents is 1. The number of esters is 1. The van der Waals surface area contributed by atoms with Crippen molar-refractivity contribution in [3.8, 4) is 5.75 Å². The lowest BCUT2D eigenvalue weighted by molar-refractivity contribution is -0.384. The van der Waals surface area contributed by atoms with Crippen molar-refractivity contribution in [2.45, 2.75) is 18.7 Å². The van der Waals surface area contributed by atoms with Crippen LogP contribution in [0.4, 0.5) is 11.4 Å². The van der Waals surface area contributed by atoms with Gasteiger partial charge in [-0.25, -0.2) is 13.2 Å². The summed E-state index contributed by atoms with van der Waals surface area (Å²) in [5.74, 6) is -1.07. The second-order valence-electron chi connectivity index (χ2n) is 7.99. The van der Waals surface area contributed by atoms with Gasteiger partial charge in [0.25, 0.3) is 21.6 Å². The number of amides is 1. The van der Waals surface area contributed by atoms with E-state index in [9.17, 15) is 28.1 Å². The Morgan fingerprint density at radius 3 is 2.39 bits per heavy atom. The van der Waals surface area contributed by atoms with Gasteiger partial charge in [0.15, 0.2) is 0 Å². The third-order valence-electron chi connectivity index (χ3n) is 5.63. The lowest BCUT2D eigenvalue weighted by atomic mass is 10.1. The fourth-order valence-electron chi connectivity index (χ4n) is 3.90. The first-order chi connectivity index (χ1) is 18.1. The van der Waals surface area contributed by atoms with E-state index < -0.39 is 26.8 Å². The molecule has 0 fully saturated rings. The predicted molar refractivity (Wildman–Crippen MR) is 137 cm³/mol. The maximum absolute atomic E-state index is 13.9. The number of nitrogens with zero attached hydrogens (tertiary/aromatic N) is 2. The molecule has 0 atom stereocenters. The number of nitro benzene ring substituents is 1. The normalized spacial score (nSPS) is 11.2. The Hall–Kier alpha value is -4.71. The van der Waals surface area contributed by atoms with Gasteiger partial charge >= 0.3 is 5.97 Å². The van der Waals surface area contributed by atoms with E-state index in [0.717, 1.165) is 6.07 Å². The molecule has 0 aliphatic carbocycles. The molecule has 0 bridgehead atoms. The van der Waals surface area contributed by atoms with Crippen LogP contribution in [-0.4, -0.2) is 38.9 Å². The molecule has 196 valence electrons. The zero-order valence-corrected chi connectivity index (χ0v) is 21.4. The lowest BCUT2D eigenvalue weighted by Crippen LogP contribution is -2.37. The summed E-state index contributed by atoms with van der Waals surface area (Å²) in [6, 6.07) is 14.3. The number of methoxy groups -OCH3 is 1. The highest BCUT2D eigenvalue weighted by Crippen LogP contribution is 2.34. The SMILES string of the molecule is CCOc1ccc(S(=O)(=O)N(C(=O)c2cccc([N+](=O)[O-])c2)c2ccc3oc(C)c(C(=O)OC)c3c2)cc1. The van der Waals surface area contributed by atoms with Gasteiger partial charge in [-0.05, 0) is 62.4 Å². The van der Waals surface area contributed by atoms with Gasteiger partial charge in [-0.3, -0.25) is 14.9 Å². The minimum Gasteiger partial charge on any atom is -0.494 e. The van der Waals surface area contributed by atoms with Crippen LogP contribution < -0.4 is 9.04 Å². The molecule has 1 amide bonds. The van der Waals surface area contributed by atoms with Crippen LogP contribution in [0, 0.1) is 17.0 Å². The highest BCUT2D eigenvalue weighted by atomic mass is 32.2. The number of carbonyl (C=O) groups is 2. The van der Waals surface area contributed by atoms with Crippen LogP contribution >= 0.6 is 0 Å². The van der Waals surface area contributed by atoms with E-state index in [1.165, 1.54) is 67.8 Å². The fraction of sp³-hybridized carbons (Fsp3) is 0.154. The monoisotopic (exact) mass is 538 g/mol. The van der Waals surface area contributed by atoms with Crippen molar-refractivity contribution in [2.24, 2.45) is 0 Å². The number of sulfonamides is 1. The Labute approximate surface area is 217 Å². The number of rotatable bonds is 8. The van der Waals surface area contributed by atoms with E-state index in [2.05, 4.69) is 0 Å². The number of hydrogen-bond acceptors (Lipinski definition) is 9. The van der Waals surface area contributed by atoms with E-state index in [1.807, 2.05) is 0 Å². The van der Waals surface area contributed by atoms with Gasteiger partial charge < -0.3 is 13.9 Å². The van der Waals surface area contributed by atoms with Crippen molar-refractivity contribution in [1.82, 2.24) is 0 Å². The summed E-state index contributed by atoms with van der Waals surface area (Å²) >= 11 is 0. The van der Waals surface area contributed by atoms with Gasteiger partial charge in [0, 0.05) is 23.1 Å². The molecular formula is C26H22N2O9S. The van der Waals surface area contributed by atoms with Crippen LogP contribution in [0.2, 0.25) is 0 Å².